The fourth-order valence-electron chi connectivity index (χ4n) is 1.92. The number of carbonyl (C=O) groups excluding carboxylic acids is 1. The zero-order chi connectivity index (χ0) is 13.3. The maximum absolute atomic E-state index is 13.7. The predicted octanol–water partition coefficient (Wildman–Crippen LogP) is 2.91. The molecule has 0 heterocycles. The fraction of sp³-hybridized carbons (Fsp3) is 0.385. The minimum Gasteiger partial charge on any atom is -0.320 e. The van der Waals surface area contributed by atoms with E-state index >= 15 is 0 Å². The van der Waals surface area contributed by atoms with Gasteiger partial charge in [-0.15, -0.1) is 0 Å². The van der Waals surface area contributed by atoms with Crippen LogP contribution in [0.15, 0.2) is 12.1 Å². The number of rotatable bonds is 2. The van der Waals surface area contributed by atoms with Gasteiger partial charge in [-0.05, 0) is 37.8 Å². The summed E-state index contributed by atoms with van der Waals surface area (Å²) >= 11 is 0. The number of amides is 1. The average Bonchev–Trinajstić information content (AvgIpc) is 2.29. The molecule has 0 bridgehead atoms. The number of anilines is 1. The fourth-order valence-corrected chi connectivity index (χ4v) is 1.92. The van der Waals surface area contributed by atoms with Crippen molar-refractivity contribution >= 4 is 11.6 Å². The van der Waals surface area contributed by atoms with E-state index in [2.05, 4.69) is 5.32 Å². The number of hydrogen-bond acceptors (Lipinski definition) is 2. The largest absolute Gasteiger partial charge is 0.320 e. The molecule has 0 radical (unpaired) electrons. The summed E-state index contributed by atoms with van der Waals surface area (Å²) in [4.78, 5) is 11.9. The van der Waals surface area contributed by atoms with Crippen molar-refractivity contribution < 1.29 is 13.6 Å². The van der Waals surface area contributed by atoms with Crippen LogP contribution in [-0.4, -0.2) is 5.91 Å². The van der Waals surface area contributed by atoms with Crippen LogP contribution in [0.2, 0.25) is 0 Å². The first kappa shape index (κ1) is 12.5. The number of benzene rings is 1. The van der Waals surface area contributed by atoms with E-state index in [0.29, 0.717) is 12.8 Å². The highest BCUT2D eigenvalue weighted by Crippen LogP contribution is 2.41. The molecular weight excluding hydrogens is 238 g/mol. The van der Waals surface area contributed by atoms with Crippen LogP contribution in [0.5, 0.6) is 0 Å². The molecule has 1 saturated carbocycles. The number of aryl methyl sites for hydroxylation is 1. The van der Waals surface area contributed by atoms with Crippen molar-refractivity contribution in [3.63, 3.8) is 0 Å². The normalized spacial score (nSPS) is 16.6. The van der Waals surface area contributed by atoms with Crippen LogP contribution in [0, 0.1) is 35.3 Å². The monoisotopic (exact) mass is 250 g/mol. The summed E-state index contributed by atoms with van der Waals surface area (Å²) in [7, 11) is 0. The first-order valence-electron chi connectivity index (χ1n) is 5.67. The lowest BCUT2D eigenvalue weighted by Crippen LogP contribution is -2.41. The molecule has 1 fully saturated rings. The molecule has 2 rings (SSSR count). The van der Waals surface area contributed by atoms with Crippen LogP contribution in [0.3, 0.4) is 0 Å². The molecule has 0 unspecified atom stereocenters. The van der Waals surface area contributed by atoms with Crippen molar-refractivity contribution in [3.8, 4) is 6.07 Å². The molecule has 0 aromatic heterocycles. The lowest BCUT2D eigenvalue weighted by Gasteiger charge is -2.33. The third-order valence-electron chi connectivity index (χ3n) is 3.38. The van der Waals surface area contributed by atoms with Crippen molar-refractivity contribution in [1.29, 1.82) is 5.26 Å². The zero-order valence-electron chi connectivity index (χ0n) is 9.89. The number of hydrogen-bond donors (Lipinski definition) is 1. The second-order valence-electron chi connectivity index (χ2n) is 4.55. The van der Waals surface area contributed by atoms with Crippen LogP contribution in [0.1, 0.15) is 24.8 Å². The number of carbonyl (C=O) groups is 1. The van der Waals surface area contributed by atoms with E-state index in [1.165, 1.54) is 13.0 Å². The third kappa shape index (κ3) is 1.84. The van der Waals surface area contributed by atoms with Crippen molar-refractivity contribution in [2.24, 2.45) is 5.41 Å². The summed E-state index contributed by atoms with van der Waals surface area (Å²) < 4.78 is 27.2. The molecule has 1 aliphatic carbocycles. The predicted molar refractivity (Wildman–Crippen MR) is 61.6 cm³/mol. The van der Waals surface area contributed by atoms with E-state index in [9.17, 15) is 13.6 Å². The molecule has 0 spiro atoms. The van der Waals surface area contributed by atoms with Gasteiger partial charge >= 0.3 is 0 Å². The maximum Gasteiger partial charge on any atom is 0.245 e. The molecular formula is C13H12F2N2O. The quantitative estimate of drug-likeness (QED) is 0.877. The highest BCUT2D eigenvalue weighted by molar-refractivity contribution is 5.98. The first-order chi connectivity index (χ1) is 8.50. The Labute approximate surface area is 103 Å². The van der Waals surface area contributed by atoms with Crippen molar-refractivity contribution in [2.75, 3.05) is 5.32 Å². The topological polar surface area (TPSA) is 52.9 Å². The van der Waals surface area contributed by atoms with Gasteiger partial charge in [-0.2, -0.15) is 5.26 Å². The van der Waals surface area contributed by atoms with Gasteiger partial charge in [-0.1, -0.05) is 6.07 Å². The van der Waals surface area contributed by atoms with Crippen LogP contribution in [0.25, 0.3) is 0 Å². The minimum absolute atomic E-state index is 0.242. The van der Waals surface area contributed by atoms with E-state index in [4.69, 9.17) is 5.26 Å². The van der Waals surface area contributed by atoms with Crippen molar-refractivity contribution in [1.82, 2.24) is 0 Å². The van der Waals surface area contributed by atoms with Crippen LogP contribution >= 0.6 is 0 Å². The molecule has 3 nitrogen and oxygen atoms in total. The zero-order valence-corrected chi connectivity index (χ0v) is 9.89. The second kappa shape index (κ2) is 4.37. The number of nitrogens with zero attached hydrogens (tertiary/aromatic N) is 1. The molecule has 1 aliphatic rings. The van der Waals surface area contributed by atoms with E-state index < -0.39 is 28.6 Å². The number of halogens is 2. The number of nitriles is 1. The number of nitrogens with one attached hydrogen (secondary N) is 1. The van der Waals surface area contributed by atoms with Gasteiger partial charge in [0.25, 0.3) is 0 Å². The Balaban J connectivity index is 2.28. The molecule has 0 aliphatic heterocycles. The molecule has 1 amide bonds. The van der Waals surface area contributed by atoms with Gasteiger partial charge in [-0.3, -0.25) is 4.79 Å². The molecule has 18 heavy (non-hydrogen) atoms. The van der Waals surface area contributed by atoms with Gasteiger partial charge in [0.2, 0.25) is 5.91 Å². The van der Waals surface area contributed by atoms with Crippen LogP contribution in [-0.2, 0) is 4.79 Å². The third-order valence-corrected chi connectivity index (χ3v) is 3.38. The van der Waals surface area contributed by atoms with Crippen molar-refractivity contribution in [2.45, 2.75) is 26.2 Å². The highest BCUT2D eigenvalue weighted by Gasteiger charge is 2.45. The summed E-state index contributed by atoms with van der Waals surface area (Å²) in [5.74, 6) is -2.26. The molecule has 0 saturated heterocycles. The second-order valence-corrected chi connectivity index (χ2v) is 4.55. The van der Waals surface area contributed by atoms with Gasteiger partial charge in [-0.25, -0.2) is 8.78 Å². The van der Waals surface area contributed by atoms with Crippen LogP contribution < -0.4 is 5.32 Å². The summed E-state index contributed by atoms with van der Waals surface area (Å²) in [6, 6.07) is 4.32. The van der Waals surface area contributed by atoms with Gasteiger partial charge in [0.1, 0.15) is 16.9 Å². The van der Waals surface area contributed by atoms with Gasteiger partial charge in [0.05, 0.1) is 6.07 Å². The minimum atomic E-state index is -1.12. The molecule has 5 heteroatoms. The molecule has 94 valence electrons. The standard InChI is InChI=1S/C13H12F2N2O/c1-8-3-4-9(14)11(10(8)15)17-12(18)13(7-16)5-2-6-13/h3-4H,2,5-6H2,1H3,(H,17,18). The van der Waals surface area contributed by atoms with Crippen LogP contribution in [0.4, 0.5) is 14.5 Å². The van der Waals surface area contributed by atoms with E-state index in [1.807, 2.05) is 6.07 Å². The SMILES string of the molecule is Cc1ccc(F)c(NC(=O)C2(C#N)CCC2)c1F. The van der Waals surface area contributed by atoms with E-state index in [1.54, 1.807) is 0 Å². The summed E-state index contributed by atoms with van der Waals surface area (Å²) in [5.41, 5.74) is -1.35. The van der Waals surface area contributed by atoms with Gasteiger partial charge in [0, 0.05) is 0 Å². The molecule has 1 N–H and O–H groups in total. The maximum atomic E-state index is 13.7. The summed E-state index contributed by atoms with van der Waals surface area (Å²) in [6.07, 6.45) is 1.65. The molecule has 0 atom stereocenters. The Kier molecular flexibility index (Phi) is 3.04. The highest BCUT2D eigenvalue weighted by atomic mass is 19.1. The Morgan fingerprint density at radius 2 is 2.11 bits per heavy atom. The lowest BCUT2D eigenvalue weighted by atomic mass is 9.69. The Morgan fingerprint density at radius 1 is 1.44 bits per heavy atom. The van der Waals surface area contributed by atoms with E-state index in [-0.39, 0.29) is 5.56 Å². The smallest absolute Gasteiger partial charge is 0.245 e. The Morgan fingerprint density at radius 3 is 2.61 bits per heavy atom. The Bertz CT molecular complexity index is 545. The van der Waals surface area contributed by atoms with Crippen molar-refractivity contribution in [3.05, 3.63) is 29.3 Å². The van der Waals surface area contributed by atoms with Gasteiger partial charge in [0.15, 0.2) is 5.82 Å². The molecule has 1 aromatic rings. The van der Waals surface area contributed by atoms with E-state index in [0.717, 1.165) is 12.5 Å². The Hall–Kier alpha value is -1.96. The summed E-state index contributed by atoms with van der Waals surface area (Å²) in [6.45, 7) is 1.48. The first-order valence-corrected chi connectivity index (χ1v) is 5.67. The molecule has 1 aromatic carbocycles. The average molecular weight is 250 g/mol. The summed E-state index contributed by atoms with van der Waals surface area (Å²) in [5, 5.41) is 11.2. The van der Waals surface area contributed by atoms with Gasteiger partial charge < -0.3 is 5.32 Å². The lowest BCUT2D eigenvalue weighted by molar-refractivity contribution is -0.126.